The fourth-order valence-corrected chi connectivity index (χ4v) is 3.45. The maximum atomic E-state index is 6.01. The van der Waals surface area contributed by atoms with Gasteiger partial charge in [0.2, 0.25) is 0 Å². The summed E-state index contributed by atoms with van der Waals surface area (Å²) in [4.78, 5) is 2.45. The molecule has 0 aliphatic heterocycles. The van der Waals surface area contributed by atoms with Gasteiger partial charge in [0.25, 0.3) is 0 Å². The molecule has 142 valence electrons. The number of nitrogens with one attached hydrogen (secondary N) is 1. The van der Waals surface area contributed by atoms with Gasteiger partial charge in [0, 0.05) is 22.7 Å². The first-order valence-corrected chi connectivity index (χ1v) is 9.90. The van der Waals surface area contributed by atoms with E-state index in [2.05, 4.69) is 61.1 Å². The normalized spacial score (nSPS) is 11.8. The molecule has 2 rings (SSSR count). The van der Waals surface area contributed by atoms with E-state index in [4.69, 9.17) is 11.6 Å². The van der Waals surface area contributed by atoms with E-state index >= 15 is 0 Å². The third-order valence-corrected chi connectivity index (χ3v) is 5.08. The van der Waals surface area contributed by atoms with Crippen LogP contribution in [0.2, 0.25) is 5.02 Å². The molecule has 26 heavy (non-hydrogen) atoms. The summed E-state index contributed by atoms with van der Waals surface area (Å²) < 4.78 is 0. The van der Waals surface area contributed by atoms with Gasteiger partial charge >= 0.3 is 0 Å². The number of halogens is 1. The number of nitrogens with zero attached hydrogens (tertiary/aromatic N) is 3. The lowest BCUT2D eigenvalue weighted by atomic mass is 10.0. The van der Waals surface area contributed by atoms with Gasteiger partial charge in [0.1, 0.15) is 5.82 Å². The van der Waals surface area contributed by atoms with Crippen LogP contribution >= 0.6 is 11.6 Å². The molecule has 0 fully saturated rings. The molecule has 0 bridgehead atoms. The molecule has 1 aromatic carbocycles. The van der Waals surface area contributed by atoms with Crippen LogP contribution in [0.15, 0.2) is 30.3 Å². The second-order valence-corrected chi connectivity index (χ2v) is 7.64. The standard InChI is InChI=1S/C21H31ClN4/c1-6-9-17-14-19(23-15-21(4,5)26(7-2)8-3)24-25-20(17)16-10-12-18(22)13-11-16/h10-14H,6-9,15H2,1-5H3,(H,23,24). The first kappa shape index (κ1) is 20.7. The molecule has 1 aromatic heterocycles. The van der Waals surface area contributed by atoms with Gasteiger partial charge in [-0.3, -0.25) is 4.90 Å². The summed E-state index contributed by atoms with van der Waals surface area (Å²) in [6.07, 6.45) is 2.04. The van der Waals surface area contributed by atoms with Crippen molar-refractivity contribution in [2.45, 2.75) is 53.0 Å². The highest BCUT2D eigenvalue weighted by Gasteiger charge is 2.24. The minimum absolute atomic E-state index is 0.0605. The SMILES string of the molecule is CCCc1cc(NCC(C)(C)N(CC)CC)nnc1-c1ccc(Cl)cc1. The van der Waals surface area contributed by atoms with Crippen LogP contribution in [0.25, 0.3) is 11.3 Å². The average molecular weight is 375 g/mol. The molecule has 1 heterocycles. The van der Waals surface area contributed by atoms with Gasteiger partial charge in [-0.05, 0) is 57.1 Å². The second-order valence-electron chi connectivity index (χ2n) is 7.20. The lowest BCUT2D eigenvalue weighted by molar-refractivity contribution is 0.147. The van der Waals surface area contributed by atoms with Crippen molar-refractivity contribution in [2.75, 3.05) is 25.0 Å². The fourth-order valence-electron chi connectivity index (χ4n) is 3.33. The van der Waals surface area contributed by atoms with Crippen molar-refractivity contribution in [3.8, 4) is 11.3 Å². The molecule has 2 aromatic rings. The number of rotatable bonds is 9. The van der Waals surface area contributed by atoms with E-state index in [0.717, 1.165) is 54.6 Å². The largest absolute Gasteiger partial charge is 0.367 e. The summed E-state index contributed by atoms with van der Waals surface area (Å²) in [6, 6.07) is 9.93. The van der Waals surface area contributed by atoms with Gasteiger partial charge in [-0.2, -0.15) is 0 Å². The van der Waals surface area contributed by atoms with Crippen LogP contribution in [0.1, 0.15) is 46.6 Å². The number of aryl methyl sites for hydroxylation is 1. The summed E-state index contributed by atoms with van der Waals surface area (Å²) in [7, 11) is 0. The van der Waals surface area contributed by atoms with Crippen molar-refractivity contribution >= 4 is 17.4 Å². The Hall–Kier alpha value is -1.65. The molecule has 0 saturated carbocycles. The summed E-state index contributed by atoms with van der Waals surface area (Å²) in [5.41, 5.74) is 3.27. The smallest absolute Gasteiger partial charge is 0.149 e. The zero-order valence-electron chi connectivity index (χ0n) is 16.6. The van der Waals surface area contributed by atoms with E-state index in [0.29, 0.717) is 0 Å². The Morgan fingerprint density at radius 3 is 2.27 bits per heavy atom. The topological polar surface area (TPSA) is 41.0 Å². The molecule has 0 spiro atoms. The Labute approximate surface area is 163 Å². The van der Waals surface area contributed by atoms with Gasteiger partial charge in [-0.15, -0.1) is 10.2 Å². The van der Waals surface area contributed by atoms with Crippen LogP contribution in [0.5, 0.6) is 0 Å². The van der Waals surface area contributed by atoms with Gasteiger partial charge in [0.15, 0.2) is 0 Å². The van der Waals surface area contributed by atoms with Crippen molar-refractivity contribution in [2.24, 2.45) is 0 Å². The van der Waals surface area contributed by atoms with Gasteiger partial charge in [-0.1, -0.05) is 50.9 Å². The minimum atomic E-state index is 0.0605. The molecular formula is C21H31ClN4. The maximum Gasteiger partial charge on any atom is 0.149 e. The summed E-state index contributed by atoms with van der Waals surface area (Å²) in [5.74, 6) is 0.839. The average Bonchev–Trinajstić information content (AvgIpc) is 2.62. The van der Waals surface area contributed by atoms with Crippen LogP contribution in [-0.4, -0.2) is 40.3 Å². The van der Waals surface area contributed by atoms with Crippen LogP contribution in [0.3, 0.4) is 0 Å². The Morgan fingerprint density at radius 2 is 1.69 bits per heavy atom. The number of hydrogen-bond acceptors (Lipinski definition) is 4. The first-order chi connectivity index (χ1) is 12.4. The molecule has 0 saturated heterocycles. The van der Waals surface area contributed by atoms with Gasteiger partial charge < -0.3 is 5.32 Å². The molecule has 5 heteroatoms. The highest BCUT2D eigenvalue weighted by Crippen LogP contribution is 2.25. The molecule has 4 nitrogen and oxygen atoms in total. The van der Waals surface area contributed by atoms with Crippen molar-refractivity contribution in [1.29, 1.82) is 0 Å². The molecule has 0 radical (unpaired) electrons. The molecule has 0 aliphatic rings. The van der Waals surface area contributed by atoms with Gasteiger partial charge in [-0.25, -0.2) is 0 Å². The molecule has 1 N–H and O–H groups in total. The molecular weight excluding hydrogens is 344 g/mol. The highest BCUT2D eigenvalue weighted by molar-refractivity contribution is 6.30. The minimum Gasteiger partial charge on any atom is -0.367 e. The quantitative estimate of drug-likeness (QED) is 0.648. The van der Waals surface area contributed by atoms with Crippen LogP contribution in [0.4, 0.5) is 5.82 Å². The lowest BCUT2D eigenvalue weighted by Gasteiger charge is -2.37. The van der Waals surface area contributed by atoms with E-state index in [1.54, 1.807) is 0 Å². The van der Waals surface area contributed by atoms with Crippen LogP contribution < -0.4 is 5.32 Å². The summed E-state index contributed by atoms with van der Waals surface area (Å²) >= 11 is 6.01. The predicted molar refractivity (Wildman–Crippen MR) is 112 cm³/mol. The van der Waals surface area contributed by atoms with Crippen molar-refractivity contribution < 1.29 is 0 Å². The third kappa shape index (κ3) is 5.18. The molecule has 0 aliphatic carbocycles. The highest BCUT2D eigenvalue weighted by atomic mass is 35.5. The summed E-state index contributed by atoms with van der Waals surface area (Å²) in [5, 5.41) is 13.2. The molecule has 0 unspecified atom stereocenters. The number of benzene rings is 1. The molecule has 0 atom stereocenters. The van der Waals surface area contributed by atoms with E-state index in [-0.39, 0.29) is 5.54 Å². The van der Waals surface area contributed by atoms with Crippen molar-refractivity contribution in [3.05, 3.63) is 40.9 Å². The third-order valence-electron chi connectivity index (χ3n) is 4.83. The lowest BCUT2D eigenvalue weighted by Crippen LogP contribution is -2.48. The van der Waals surface area contributed by atoms with E-state index in [1.165, 1.54) is 5.56 Å². The first-order valence-electron chi connectivity index (χ1n) is 9.52. The second kappa shape index (κ2) is 9.33. The van der Waals surface area contributed by atoms with E-state index in [9.17, 15) is 0 Å². The Bertz CT molecular complexity index is 694. The Kier molecular flexibility index (Phi) is 7.42. The Balaban J connectivity index is 2.21. The van der Waals surface area contributed by atoms with E-state index in [1.807, 2.05) is 24.3 Å². The van der Waals surface area contributed by atoms with Crippen molar-refractivity contribution in [1.82, 2.24) is 15.1 Å². The zero-order chi connectivity index (χ0) is 19.2. The zero-order valence-corrected chi connectivity index (χ0v) is 17.4. The number of aromatic nitrogens is 2. The Morgan fingerprint density at radius 1 is 1.04 bits per heavy atom. The van der Waals surface area contributed by atoms with Crippen LogP contribution in [-0.2, 0) is 6.42 Å². The number of likely N-dealkylation sites (N-methyl/N-ethyl adjacent to an activating group) is 1. The number of hydrogen-bond donors (Lipinski definition) is 1. The maximum absolute atomic E-state index is 6.01. The molecule has 0 amide bonds. The monoisotopic (exact) mass is 374 g/mol. The van der Waals surface area contributed by atoms with Crippen molar-refractivity contribution in [3.63, 3.8) is 0 Å². The van der Waals surface area contributed by atoms with Gasteiger partial charge in [0.05, 0.1) is 5.69 Å². The number of anilines is 1. The predicted octanol–water partition coefficient (Wildman–Crippen LogP) is 5.28. The van der Waals surface area contributed by atoms with E-state index < -0.39 is 0 Å². The van der Waals surface area contributed by atoms with Crippen LogP contribution in [0, 0.1) is 0 Å². The fraction of sp³-hybridized carbons (Fsp3) is 0.524. The summed E-state index contributed by atoms with van der Waals surface area (Å²) in [6.45, 7) is 14.0.